The van der Waals surface area contributed by atoms with Crippen LogP contribution in [0.4, 0.5) is 0 Å². The third-order valence-corrected chi connectivity index (χ3v) is 4.09. The minimum Gasteiger partial charge on any atom is -0.870 e. The molecule has 0 aromatic rings. The van der Waals surface area contributed by atoms with E-state index < -0.39 is 88.3 Å². The largest absolute Gasteiger partial charge is 2.00 e. The Morgan fingerprint density at radius 3 is 1.20 bits per heavy atom. The second-order valence-electron chi connectivity index (χ2n) is 5.62. The summed E-state index contributed by atoms with van der Waals surface area (Å²) < 4.78 is 36.0. The topological polar surface area (TPSA) is 324 Å². The van der Waals surface area contributed by atoms with Gasteiger partial charge < -0.3 is 77.9 Å². The number of phosphoric acid groups is 2. The van der Waals surface area contributed by atoms with Crippen LogP contribution in [0, 0.1) is 0 Å². The van der Waals surface area contributed by atoms with E-state index in [9.17, 15) is 48.5 Å². The molecule has 35 heavy (non-hydrogen) atoms. The maximum atomic E-state index is 11.2. The molecule has 2 aliphatic heterocycles. The minimum absolute atomic E-state index is 0. The van der Waals surface area contributed by atoms with Crippen molar-refractivity contribution in [1.82, 2.24) is 0 Å². The van der Waals surface area contributed by atoms with Crippen LogP contribution in [0.2, 0.25) is 0 Å². The minimum atomic E-state index is -5.56. The molecule has 0 bridgehead atoms. The van der Waals surface area contributed by atoms with Crippen LogP contribution in [0.1, 0.15) is 0 Å². The Labute approximate surface area is 316 Å². The SMILES string of the molecule is O=C1O[C@H]([C@@H](O)CO)C([O-])=C1OP(=O)([O-])[O-].O=C1O[C@H]([C@@H](O)CO)C([O-])=C1OP(=O)([O-])[O-].[Ba+2].[Ba+2].[Ba+2]. The average molecular weight is 918 g/mol. The summed E-state index contributed by atoms with van der Waals surface area (Å²) in [5, 5.41) is 57.5. The molecule has 2 rings (SSSR count). The van der Waals surface area contributed by atoms with E-state index in [1.54, 1.807) is 0 Å². The molecule has 4 N–H and O–H groups in total. The molecule has 0 aliphatic carbocycles. The van der Waals surface area contributed by atoms with Crippen molar-refractivity contribution < 1.29 is 87.5 Å². The van der Waals surface area contributed by atoms with Gasteiger partial charge in [0, 0.05) is 0 Å². The van der Waals surface area contributed by atoms with Crippen molar-refractivity contribution in [1.29, 1.82) is 0 Å². The first-order valence-corrected chi connectivity index (χ1v) is 10.7. The Bertz CT molecular complexity index is 823. The fourth-order valence-electron chi connectivity index (χ4n) is 1.99. The molecule has 0 fully saturated rings. The van der Waals surface area contributed by atoms with Gasteiger partial charge in [-0.25, -0.2) is 9.59 Å². The van der Waals surface area contributed by atoms with E-state index in [1.165, 1.54) is 0 Å². The van der Waals surface area contributed by atoms with E-state index >= 15 is 0 Å². The monoisotopic (exact) mass is 920 g/mol. The van der Waals surface area contributed by atoms with Crippen LogP contribution in [-0.2, 0) is 37.2 Å². The van der Waals surface area contributed by atoms with Gasteiger partial charge >= 0.3 is 159 Å². The zero-order valence-electron chi connectivity index (χ0n) is 17.2. The van der Waals surface area contributed by atoms with Crippen molar-refractivity contribution in [2.24, 2.45) is 0 Å². The van der Waals surface area contributed by atoms with Gasteiger partial charge in [0.1, 0.15) is 40.1 Å². The summed E-state index contributed by atoms with van der Waals surface area (Å²) >= 11 is 0. The van der Waals surface area contributed by atoms with Gasteiger partial charge in [-0.2, -0.15) is 0 Å². The summed E-state index contributed by atoms with van der Waals surface area (Å²) in [6.45, 7) is -1.77. The van der Waals surface area contributed by atoms with Gasteiger partial charge in [-0.3, -0.25) is 0 Å². The van der Waals surface area contributed by atoms with E-state index in [-0.39, 0.29) is 147 Å². The molecule has 0 radical (unpaired) electrons. The molecular formula is C12H12Ba3O18P2. The van der Waals surface area contributed by atoms with Crippen LogP contribution in [-0.4, -0.2) is 217 Å². The molecule has 184 valence electrons. The molecule has 0 spiro atoms. The molecule has 0 saturated heterocycles. The second kappa shape index (κ2) is 18.0. The van der Waals surface area contributed by atoms with Gasteiger partial charge in [-0.1, -0.05) is 0 Å². The number of aliphatic hydroxyl groups is 4. The quantitative estimate of drug-likeness (QED) is 0.0998. The van der Waals surface area contributed by atoms with E-state index in [1.807, 2.05) is 0 Å². The first-order chi connectivity index (χ1) is 14.5. The molecule has 0 saturated carbocycles. The second-order valence-corrected chi connectivity index (χ2v) is 7.77. The van der Waals surface area contributed by atoms with E-state index in [0.29, 0.717) is 0 Å². The van der Waals surface area contributed by atoms with E-state index in [2.05, 4.69) is 18.5 Å². The fraction of sp³-hybridized carbons (Fsp3) is 0.500. The zero-order chi connectivity index (χ0) is 25.0. The van der Waals surface area contributed by atoms with Gasteiger partial charge in [0.05, 0.1) is 13.2 Å². The number of hydrogen-bond acceptors (Lipinski definition) is 18. The summed E-state index contributed by atoms with van der Waals surface area (Å²) in [5.74, 6) is -8.20. The van der Waals surface area contributed by atoms with Gasteiger partial charge in [-0.15, -0.1) is 0 Å². The predicted molar refractivity (Wildman–Crippen MR) is 94.6 cm³/mol. The van der Waals surface area contributed by atoms with Crippen LogP contribution in [0.3, 0.4) is 0 Å². The number of ether oxygens (including phenoxy) is 2. The molecule has 23 heteroatoms. The van der Waals surface area contributed by atoms with Crippen LogP contribution < -0.4 is 29.8 Å². The van der Waals surface area contributed by atoms with E-state index in [0.717, 1.165) is 0 Å². The summed E-state index contributed by atoms with van der Waals surface area (Å²) in [7, 11) is -11.1. The number of aliphatic hydroxyl groups excluding tert-OH is 4. The van der Waals surface area contributed by atoms with Crippen LogP contribution in [0.5, 0.6) is 0 Å². The fourth-order valence-corrected chi connectivity index (χ4v) is 2.77. The summed E-state index contributed by atoms with van der Waals surface area (Å²) in [5.41, 5.74) is 0. The van der Waals surface area contributed by atoms with Crippen LogP contribution >= 0.6 is 15.6 Å². The average Bonchev–Trinajstić information content (AvgIpc) is 3.10. The molecule has 4 atom stereocenters. The van der Waals surface area contributed by atoms with Crippen molar-refractivity contribution in [3.8, 4) is 0 Å². The number of carbonyl (C=O) groups excluding carboxylic acids is 2. The van der Waals surface area contributed by atoms with Gasteiger partial charge in [-0.05, 0) is 11.5 Å². The Balaban J connectivity index is -0.000000539. The molecule has 0 aromatic carbocycles. The van der Waals surface area contributed by atoms with Crippen molar-refractivity contribution in [2.75, 3.05) is 13.2 Å². The molecule has 2 heterocycles. The Morgan fingerprint density at radius 2 is 1.00 bits per heavy atom. The molecule has 0 amide bonds. The van der Waals surface area contributed by atoms with Crippen molar-refractivity contribution in [3.05, 3.63) is 23.0 Å². The number of phosphoric ester groups is 2. The third kappa shape index (κ3) is 13.6. The molecule has 18 nitrogen and oxygen atoms in total. The summed E-state index contributed by atoms with van der Waals surface area (Å²) in [6, 6.07) is 0. The number of esters is 2. The number of carbonyl (C=O) groups is 2. The Hall–Kier alpha value is 2.47. The number of rotatable bonds is 8. The molecular weight excluding hydrogens is 906 g/mol. The van der Waals surface area contributed by atoms with E-state index in [4.69, 9.17) is 20.4 Å². The van der Waals surface area contributed by atoms with Crippen molar-refractivity contribution >= 4 is 174 Å². The Kier molecular flexibility index (Phi) is 21.6. The summed E-state index contributed by atoms with van der Waals surface area (Å²) in [6.07, 6.45) is -6.96. The molecule has 0 unspecified atom stereocenters. The number of cyclic esters (lactones) is 2. The van der Waals surface area contributed by atoms with Gasteiger partial charge in [0.2, 0.25) is 11.5 Å². The van der Waals surface area contributed by atoms with Crippen molar-refractivity contribution in [3.63, 3.8) is 0 Å². The Morgan fingerprint density at radius 1 is 0.743 bits per heavy atom. The first-order valence-electron chi connectivity index (χ1n) is 7.77. The molecule has 2 aliphatic rings. The smallest absolute Gasteiger partial charge is 0.870 e. The molecule has 0 aromatic heterocycles. The normalized spacial score (nSPS) is 21.3. The van der Waals surface area contributed by atoms with Gasteiger partial charge in [0.15, 0.2) is 0 Å². The van der Waals surface area contributed by atoms with Crippen LogP contribution in [0.25, 0.3) is 0 Å². The standard InChI is InChI=1S/2C6H9O9P.3Ba/c2*7-1-2(8)4-3(9)5(6(10)14-4)15-16(11,12)13;;;/h2*2,4,7-9H,1H2,(H2,11,12,13);;;/q;;3*+2/p-6/t2*2-,4+;;;/m00.../s1. The summed E-state index contributed by atoms with van der Waals surface area (Å²) in [4.78, 5) is 62.5. The number of hydrogen-bond donors (Lipinski definition) is 4. The van der Waals surface area contributed by atoms with Crippen molar-refractivity contribution in [2.45, 2.75) is 24.4 Å². The third-order valence-electron chi connectivity index (χ3n) is 3.28. The predicted octanol–water partition coefficient (Wildman–Crippen LogP) is -9.78. The van der Waals surface area contributed by atoms with Crippen LogP contribution in [0.15, 0.2) is 23.0 Å². The maximum Gasteiger partial charge on any atom is 2.00 e. The first kappa shape index (κ1) is 41.9. The maximum absolute atomic E-state index is 11.2. The zero-order valence-corrected chi connectivity index (χ0v) is 32.4. The van der Waals surface area contributed by atoms with Gasteiger partial charge in [0.25, 0.3) is 0 Å².